The quantitative estimate of drug-likeness (QED) is 0.508. The molecule has 2 aromatic heterocycles. The molecule has 1 aromatic carbocycles. The summed E-state index contributed by atoms with van der Waals surface area (Å²) in [5, 5.41) is 6.78. The molecule has 3 rings (SSSR count). The van der Waals surface area contributed by atoms with Gasteiger partial charge in [-0.1, -0.05) is 25.1 Å². The largest absolute Gasteiger partial charge is 0.452 e. The number of aromatic nitrogens is 2. The zero-order valence-electron chi connectivity index (χ0n) is 18.2. The van der Waals surface area contributed by atoms with Crippen LogP contribution in [0.25, 0.3) is 11.1 Å². The molecular formula is C21H24N4O6S. The number of pyridine rings is 1. The van der Waals surface area contributed by atoms with E-state index in [1.807, 2.05) is 0 Å². The molecule has 0 fully saturated rings. The van der Waals surface area contributed by atoms with Gasteiger partial charge in [0, 0.05) is 24.5 Å². The van der Waals surface area contributed by atoms with Gasteiger partial charge in [0.2, 0.25) is 10.0 Å². The topological polar surface area (TPSA) is 132 Å². The maximum atomic E-state index is 12.7. The average Bonchev–Trinajstić information content (AvgIpc) is 3.12. The zero-order valence-corrected chi connectivity index (χ0v) is 19.0. The van der Waals surface area contributed by atoms with Crippen LogP contribution in [0.3, 0.4) is 0 Å². The summed E-state index contributed by atoms with van der Waals surface area (Å²) in [6, 6.07) is 7.44. The van der Waals surface area contributed by atoms with Crippen LogP contribution < -0.4 is 5.32 Å². The van der Waals surface area contributed by atoms with E-state index in [-0.39, 0.29) is 21.9 Å². The van der Waals surface area contributed by atoms with Crippen LogP contribution >= 0.6 is 0 Å². The summed E-state index contributed by atoms with van der Waals surface area (Å²) in [6.07, 6.45) is 0. The first-order valence-corrected chi connectivity index (χ1v) is 11.4. The Morgan fingerprint density at radius 1 is 1.16 bits per heavy atom. The van der Waals surface area contributed by atoms with Crippen LogP contribution in [-0.4, -0.2) is 54.4 Å². The highest BCUT2D eigenvalue weighted by Gasteiger charge is 2.22. The van der Waals surface area contributed by atoms with E-state index in [0.717, 1.165) is 0 Å². The van der Waals surface area contributed by atoms with Gasteiger partial charge in [-0.25, -0.2) is 18.2 Å². The fourth-order valence-corrected chi connectivity index (χ4v) is 4.74. The van der Waals surface area contributed by atoms with Gasteiger partial charge in [-0.05, 0) is 38.1 Å². The standard InChI is InChI=1S/C21H24N4O6S/c1-5-25(6-2)32(28,29)16-9-7-8-15(11-16)23-18(26)12-30-21(27)17-10-13(3)22-20-19(17)14(4)24-31-20/h7-11H,5-6,12H2,1-4H3,(H,23,26). The number of nitrogens with zero attached hydrogens (tertiary/aromatic N) is 3. The van der Waals surface area contributed by atoms with Crippen LogP contribution in [0.15, 0.2) is 39.8 Å². The Balaban J connectivity index is 1.70. The second-order valence-corrected chi connectivity index (χ2v) is 8.94. The Labute approximate surface area is 185 Å². The number of ether oxygens (including phenoxy) is 1. The van der Waals surface area contributed by atoms with Crippen molar-refractivity contribution in [1.82, 2.24) is 14.4 Å². The minimum Gasteiger partial charge on any atom is -0.452 e. The number of rotatable bonds is 8. The van der Waals surface area contributed by atoms with Crippen molar-refractivity contribution >= 4 is 38.7 Å². The van der Waals surface area contributed by atoms with E-state index in [1.165, 1.54) is 28.6 Å². The summed E-state index contributed by atoms with van der Waals surface area (Å²) in [5.41, 5.74) is 1.71. The smallest absolute Gasteiger partial charge is 0.339 e. The highest BCUT2D eigenvalue weighted by Crippen LogP contribution is 2.23. The fraction of sp³-hybridized carbons (Fsp3) is 0.333. The van der Waals surface area contributed by atoms with E-state index in [9.17, 15) is 18.0 Å². The first kappa shape index (κ1) is 23.4. The van der Waals surface area contributed by atoms with Gasteiger partial charge in [0.25, 0.3) is 11.6 Å². The number of hydrogen-bond acceptors (Lipinski definition) is 8. The molecule has 10 nitrogen and oxygen atoms in total. The second-order valence-electron chi connectivity index (χ2n) is 7.00. The van der Waals surface area contributed by atoms with E-state index in [1.54, 1.807) is 33.8 Å². The van der Waals surface area contributed by atoms with Crippen molar-refractivity contribution in [2.24, 2.45) is 0 Å². The molecule has 0 saturated heterocycles. The third-order valence-electron chi connectivity index (χ3n) is 4.76. The molecule has 0 atom stereocenters. The molecular weight excluding hydrogens is 436 g/mol. The predicted molar refractivity (Wildman–Crippen MR) is 117 cm³/mol. The Morgan fingerprint density at radius 2 is 1.88 bits per heavy atom. The van der Waals surface area contributed by atoms with E-state index in [4.69, 9.17) is 9.26 Å². The van der Waals surface area contributed by atoms with Crippen molar-refractivity contribution in [3.05, 3.63) is 47.3 Å². The van der Waals surface area contributed by atoms with Gasteiger partial charge >= 0.3 is 5.97 Å². The van der Waals surface area contributed by atoms with Gasteiger partial charge in [-0.3, -0.25) is 4.79 Å². The monoisotopic (exact) mass is 460 g/mol. The lowest BCUT2D eigenvalue weighted by molar-refractivity contribution is -0.119. The maximum absolute atomic E-state index is 12.7. The van der Waals surface area contributed by atoms with Crippen LogP contribution in [0.4, 0.5) is 5.69 Å². The summed E-state index contributed by atoms with van der Waals surface area (Å²) in [5.74, 6) is -1.33. The first-order chi connectivity index (χ1) is 15.2. The Kier molecular flexibility index (Phi) is 6.90. The number of sulfonamides is 1. The molecule has 170 valence electrons. The molecule has 0 bridgehead atoms. The molecule has 1 amide bonds. The maximum Gasteiger partial charge on any atom is 0.339 e. The molecule has 0 spiro atoms. The summed E-state index contributed by atoms with van der Waals surface area (Å²) in [6.45, 7) is 6.97. The summed E-state index contributed by atoms with van der Waals surface area (Å²) < 4.78 is 36.9. The molecule has 0 radical (unpaired) electrons. The van der Waals surface area contributed by atoms with E-state index < -0.39 is 28.5 Å². The third kappa shape index (κ3) is 4.78. The van der Waals surface area contributed by atoms with Gasteiger partial charge in [0.15, 0.2) is 6.61 Å². The second kappa shape index (κ2) is 9.45. The van der Waals surface area contributed by atoms with Crippen molar-refractivity contribution in [3.8, 4) is 0 Å². The van der Waals surface area contributed by atoms with Crippen molar-refractivity contribution in [3.63, 3.8) is 0 Å². The van der Waals surface area contributed by atoms with Gasteiger partial charge in [-0.2, -0.15) is 4.31 Å². The number of carbonyl (C=O) groups is 2. The van der Waals surface area contributed by atoms with Gasteiger partial charge < -0.3 is 14.6 Å². The Bertz CT molecular complexity index is 1260. The number of carbonyl (C=O) groups excluding carboxylic acids is 2. The summed E-state index contributed by atoms with van der Waals surface area (Å²) in [4.78, 5) is 29.1. The van der Waals surface area contributed by atoms with Crippen molar-refractivity contribution in [2.75, 3.05) is 25.0 Å². The number of esters is 1. The molecule has 0 aliphatic carbocycles. The lowest BCUT2D eigenvalue weighted by Crippen LogP contribution is -2.30. The van der Waals surface area contributed by atoms with Crippen molar-refractivity contribution < 1.29 is 27.3 Å². The van der Waals surface area contributed by atoms with Crippen LogP contribution in [-0.2, 0) is 19.6 Å². The molecule has 1 N–H and O–H groups in total. The zero-order chi connectivity index (χ0) is 23.5. The van der Waals surface area contributed by atoms with Gasteiger partial charge in [0.05, 0.1) is 21.5 Å². The van der Waals surface area contributed by atoms with Crippen molar-refractivity contribution in [2.45, 2.75) is 32.6 Å². The van der Waals surface area contributed by atoms with Gasteiger partial charge in [0.1, 0.15) is 0 Å². The van der Waals surface area contributed by atoms with Crippen molar-refractivity contribution in [1.29, 1.82) is 0 Å². The number of nitrogens with one attached hydrogen (secondary N) is 1. The number of fused-ring (bicyclic) bond motifs is 1. The van der Waals surface area contributed by atoms with E-state index in [0.29, 0.717) is 29.9 Å². The normalized spacial score (nSPS) is 11.7. The molecule has 0 saturated carbocycles. The van der Waals surface area contributed by atoms with Gasteiger partial charge in [-0.15, -0.1) is 0 Å². The highest BCUT2D eigenvalue weighted by atomic mass is 32.2. The number of benzene rings is 1. The van der Waals surface area contributed by atoms with Crippen LogP contribution in [0, 0.1) is 13.8 Å². The summed E-state index contributed by atoms with van der Waals surface area (Å²) >= 11 is 0. The Hall–Kier alpha value is -3.31. The summed E-state index contributed by atoms with van der Waals surface area (Å²) in [7, 11) is -3.67. The van der Waals surface area contributed by atoms with Crippen LogP contribution in [0.5, 0.6) is 0 Å². The minimum atomic E-state index is -3.67. The number of amides is 1. The first-order valence-electron chi connectivity index (χ1n) is 9.98. The number of hydrogen-bond donors (Lipinski definition) is 1. The number of anilines is 1. The predicted octanol–water partition coefficient (Wildman–Crippen LogP) is 2.67. The lowest BCUT2D eigenvalue weighted by atomic mass is 10.1. The average molecular weight is 461 g/mol. The minimum absolute atomic E-state index is 0.0635. The van der Waals surface area contributed by atoms with E-state index >= 15 is 0 Å². The van der Waals surface area contributed by atoms with Crippen LogP contribution in [0.1, 0.15) is 35.6 Å². The molecule has 2 heterocycles. The molecule has 11 heteroatoms. The molecule has 0 aliphatic heterocycles. The van der Waals surface area contributed by atoms with Crippen LogP contribution in [0.2, 0.25) is 0 Å². The molecule has 32 heavy (non-hydrogen) atoms. The highest BCUT2D eigenvalue weighted by molar-refractivity contribution is 7.89. The molecule has 3 aromatic rings. The molecule has 0 unspecified atom stereocenters. The van der Waals surface area contributed by atoms with E-state index in [2.05, 4.69) is 15.5 Å². The Morgan fingerprint density at radius 3 is 2.56 bits per heavy atom. The lowest BCUT2D eigenvalue weighted by Gasteiger charge is -2.18. The fourth-order valence-electron chi connectivity index (χ4n) is 3.23. The third-order valence-corrected chi connectivity index (χ3v) is 6.81. The number of aryl methyl sites for hydroxylation is 2. The molecule has 0 aliphatic rings. The SMILES string of the molecule is CCN(CC)S(=O)(=O)c1cccc(NC(=O)COC(=O)c2cc(C)nc3onc(C)c23)c1.